The van der Waals surface area contributed by atoms with Crippen LogP contribution in [0.5, 0.6) is 0 Å². The standard InChI is InChI=1S/C10H13BrN2O2/c1-7(11)4-12-5-8-3-9(13-6-8)10(14)15-2/h3,6,12-13H,1,4-5H2,2H3. The Kier molecular flexibility index (Phi) is 4.58. The maximum atomic E-state index is 11.1. The molecular weight excluding hydrogens is 260 g/mol. The third-order valence-electron chi connectivity index (χ3n) is 1.79. The summed E-state index contributed by atoms with van der Waals surface area (Å²) >= 11 is 3.25. The second-order valence-electron chi connectivity index (χ2n) is 3.03. The second kappa shape index (κ2) is 5.72. The summed E-state index contributed by atoms with van der Waals surface area (Å²) < 4.78 is 5.47. The van der Waals surface area contributed by atoms with Crippen molar-refractivity contribution >= 4 is 21.9 Å². The zero-order valence-electron chi connectivity index (χ0n) is 8.47. The molecule has 4 nitrogen and oxygen atoms in total. The van der Waals surface area contributed by atoms with E-state index in [1.165, 1.54) is 7.11 Å². The van der Waals surface area contributed by atoms with E-state index >= 15 is 0 Å². The van der Waals surface area contributed by atoms with Gasteiger partial charge in [-0.05, 0) is 11.6 Å². The maximum Gasteiger partial charge on any atom is 0.354 e. The van der Waals surface area contributed by atoms with E-state index in [1.54, 1.807) is 12.3 Å². The molecular formula is C10H13BrN2O2. The molecule has 2 N–H and O–H groups in total. The minimum Gasteiger partial charge on any atom is -0.464 e. The summed E-state index contributed by atoms with van der Waals surface area (Å²) in [4.78, 5) is 14.0. The molecule has 5 heteroatoms. The molecule has 1 aromatic heterocycles. The van der Waals surface area contributed by atoms with Crippen molar-refractivity contribution in [3.63, 3.8) is 0 Å². The van der Waals surface area contributed by atoms with Crippen molar-refractivity contribution in [3.05, 3.63) is 34.6 Å². The van der Waals surface area contributed by atoms with Crippen molar-refractivity contribution in [2.45, 2.75) is 6.54 Å². The normalized spacial score (nSPS) is 10.0. The summed E-state index contributed by atoms with van der Waals surface area (Å²) in [5, 5.41) is 3.15. The van der Waals surface area contributed by atoms with E-state index in [-0.39, 0.29) is 5.97 Å². The number of carbonyl (C=O) groups is 1. The minimum absolute atomic E-state index is 0.355. The van der Waals surface area contributed by atoms with Crippen molar-refractivity contribution < 1.29 is 9.53 Å². The van der Waals surface area contributed by atoms with Crippen LogP contribution >= 0.6 is 15.9 Å². The maximum absolute atomic E-state index is 11.1. The largest absolute Gasteiger partial charge is 0.464 e. The number of aromatic nitrogens is 1. The number of ether oxygens (including phenoxy) is 1. The number of halogens is 1. The van der Waals surface area contributed by atoms with Gasteiger partial charge in [0.2, 0.25) is 0 Å². The Morgan fingerprint density at radius 3 is 3.07 bits per heavy atom. The minimum atomic E-state index is -0.355. The summed E-state index contributed by atoms with van der Waals surface area (Å²) in [6.07, 6.45) is 1.77. The third-order valence-corrected chi connectivity index (χ3v) is 2.07. The molecule has 82 valence electrons. The van der Waals surface area contributed by atoms with E-state index < -0.39 is 0 Å². The number of H-pyrrole nitrogens is 1. The van der Waals surface area contributed by atoms with E-state index in [9.17, 15) is 4.79 Å². The molecule has 0 saturated heterocycles. The van der Waals surface area contributed by atoms with Crippen molar-refractivity contribution in [2.24, 2.45) is 0 Å². The summed E-state index contributed by atoms with van der Waals surface area (Å²) in [5.74, 6) is -0.355. The van der Waals surface area contributed by atoms with E-state index in [0.717, 1.165) is 10.0 Å². The van der Waals surface area contributed by atoms with Crippen LogP contribution in [0.4, 0.5) is 0 Å². The predicted octanol–water partition coefficient (Wildman–Crippen LogP) is 1.80. The van der Waals surface area contributed by atoms with E-state index in [1.807, 2.05) is 0 Å². The third kappa shape index (κ3) is 3.89. The number of carbonyl (C=O) groups excluding carboxylic acids is 1. The van der Waals surface area contributed by atoms with E-state index in [0.29, 0.717) is 18.8 Å². The zero-order valence-corrected chi connectivity index (χ0v) is 10.1. The quantitative estimate of drug-likeness (QED) is 0.804. The van der Waals surface area contributed by atoms with Gasteiger partial charge in [0.25, 0.3) is 0 Å². The lowest BCUT2D eigenvalue weighted by Crippen LogP contribution is -2.13. The van der Waals surface area contributed by atoms with Gasteiger partial charge in [0.15, 0.2) is 0 Å². The number of rotatable bonds is 5. The smallest absolute Gasteiger partial charge is 0.354 e. The Morgan fingerprint density at radius 2 is 2.47 bits per heavy atom. The fourth-order valence-corrected chi connectivity index (χ4v) is 1.31. The number of nitrogens with one attached hydrogen (secondary N) is 2. The molecule has 0 unspecified atom stereocenters. The van der Waals surface area contributed by atoms with Crippen LogP contribution in [0.25, 0.3) is 0 Å². The van der Waals surface area contributed by atoms with Crippen LogP contribution in [0.15, 0.2) is 23.3 Å². The van der Waals surface area contributed by atoms with Gasteiger partial charge in [-0.15, -0.1) is 0 Å². The molecule has 1 rings (SSSR count). The molecule has 0 fully saturated rings. The molecule has 0 atom stereocenters. The highest BCUT2D eigenvalue weighted by atomic mass is 79.9. The van der Waals surface area contributed by atoms with Crippen LogP contribution in [-0.2, 0) is 11.3 Å². The van der Waals surface area contributed by atoms with Crippen LogP contribution in [0.3, 0.4) is 0 Å². The van der Waals surface area contributed by atoms with Gasteiger partial charge >= 0.3 is 5.97 Å². The van der Waals surface area contributed by atoms with Crippen molar-refractivity contribution in [3.8, 4) is 0 Å². The van der Waals surface area contributed by atoms with Crippen molar-refractivity contribution in [2.75, 3.05) is 13.7 Å². The SMILES string of the molecule is C=C(Br)CNCc1c[nH]c(C(=O)OC)c1. The molecule has 1 heterocycles. The Hall–Kier alpha value is -1.07. The Labute approximate surface area is 96.8 Å². The van der Waals surface area contributed by atoms with Gasteiger partial charge in [0.05, 0.1) is 7.11 Å². The van der Waals surface area contributed by atoms with E-state index in [2.05, 4.69) is 37.5 Å². The van der Waals surface area contributed by atoms with Crippen LogP contribution in [0.2, 0.25) is 0 Å². The van der Waals surface area contributed by atoms with Crippen LogP contribution in [0, 0.1) is 0 Å². The highest BCUT2D eigenvalue weighted by molar-refractivity contribution is 9.11. The average Bonchev–Trinajstić information content (AvgIpc) is 2.65. The molecule has 0 radical (unpaired) electrons. The second-order valence-corrected chi connectivity index (χ2v) is 4.16. The summed E-state index contributed by atoms with van der Waals surface area (Å²) in [6.45, 7) is 5.08. The van der Waals surface area contributed by atoms with Gasteiger partial charge in [-0.2, -0.15) is 0 Å². The molecule has 0 aliphatic carbocycles. The van der Waals surface area contributed by atoms with Gasteiger partial charge in [-0.1, -0.05) is 22.5 Å². The number of methoxy groups -OCH3 is 1. The fourth-order valence-electron chi connectivity index (χ4n) is 1.11. The fraction of sp³-hybridized carbons (Fsp3) is 0.300. The Balaban J connectivity index is 2.46. The lowest BCUT2D eigenvalue weighted by Gasteiger charge is -1.99. The Bertz CT molecular complexity index is 360. The molecule has 0 amide bonds. The molecule has 15 heavy (non-hydrogen) atoms. The van der Waals surface area contributed by atoms with E-state index in [4.69, 9.17) is 0 Å². The van der Waals surface area contributed by atoms with Gasteiger partial charge < -0.3 is 15.0 Å². The Morgan fingerprint density at radius 1 is 1.73 bits per heavy atom. The van der Waals surface area contributed by atoms with Crippen LogP contribution < -0.4 is 5.32 Å². The first kappa shape index (κ1) is 12.0. The van der Waals surface area contributed by atoms with Crippen molar-refractivity contribution in [1.29, 1.82) is 0 Å². The first-order valence-corrected chi connectivity index (χ1v) is 5.22. The lowest BCUT2D eigenvalue weighted by molar-refractivity contribution is 0.0595. The van der Waals surface area contributed by atoms with Crippen molar-refractivity contribution in [1.82, 2.24) is 10.3 Å². The first-order chi connectivity index (χ1) is 7.13. The van der Waals surface area contributed by atoms with Gasteiger partial charge in [-0.3, -0.25) is 0 Å². The summed E-state index contributed by atoms with van der Waals surface area (Å²) in [6, 6.07) is 1.76. The number of hydrogen-bond acceptors (Lipinski definition) is 3. The first-order valence-electron chi connectivity index (χ1n) is 4.43. The number of aromatic amines is 1. The van der Waals surface area contributed by atoms with Gasteiger partial charge in [0.1, 0.15) is 5.69 Å². The predicted molar refractivity (Wildman–Crippen MR) is 61.9 cm³/mol. The molecule has 0 saturated carbocycles. The molecule has 0 bridgehead atoms. The topological polar surface area (TPSA) is 54.1 Å². The lowest BCUT2D eigenvalue weighted by atomic mass is 10.3. The van der Waals surface area contributed by atoms with Gasteiger partial charge in [-0.25, -0.2) is 4.79 Å². The highest BCUT2D eigenvalue weighted by Gasteiger charge is 2.07. The summed E-state index contributed by atoms with van der Waals surface area (Å²) in [7, 11) is 1.36. The molecule has 1 aromatic rings. The molecule has 0 aliphatic heterocycles. The van der Waals surface area contributed by atoms with Crippen LogP contribution in [0.1, 0.15) is 16.1 Å². The summed E-state index contributed by atoms with van der Waals surface area (Å²) in [5.41, 5.74) is 1.47. The number of esters is 1. The number of hydrogen-bond donors (Lipinski definition) is 2. The highest BCUT2D eigenvalue weighted by Crippen LogP contribution is 2.05. The molecule has 0 spiro atoms. The monoisotopic (exact) mass is 272 g/mol. The zero-order chi connectivity index (χ0) is 11.3. The molecule has 0 aliphatic rings. The molecule has 0 aromatic carbocycles. The van der Waals surface area contributed by atoms with Crippen LogP contribution in [-0.4, -0.2) is 24.6 Å². The average molecular weight is 273 g/mol. The van der Waals surface area contributed by atoms with Gasteiger partial charge in [0, 0.05) is 23.8 Å².